The molecule has 0 saturated heterocycles. The predicted octanol–water partition coefficient (Wildman–Crippen LogP) is 3.26. The van der Waals surface area contributed by atoms with Crippen LogP contribution in [0, 0.1) is 6.92 Å². The van der Waals surface area contributed by atoms with Crippen LogP contribution in [-0.4, -0.2) is 25.3 Å². The van der Waals surface area contributed by atoms with E-state index in [9.17, 15) is 0 Å². The minimum absolute atomic E-state index is 0.467. The summed E-state index contributed by atoms with van der Waals surface area (Å²) in [7, 11) is 0. The van der Waals surface area contributed by atoms with Crippen LogP contribution in [0.1, 0.15) is 43.7 Å². The Kier molecular flexibility index (Phi) is 4.79. The van der Waals surface area contributed by atoms with Crippen LogP contribution in [-0.2, 0) is 4.74 Å². The third-order valence-corrected chi connectivity index (χ3v) is 3.78. The van der Waals surface area contributed by atoms with Gasteiger partial charge >= 0.3 is 0 Å². The summed E-state index contributed by atoms with van der Waals surface area (Å²) in [5, 5.41) is 3.64. The van der Waals surface area contributed by atoms with Crippen LogP contribution >= 0.6 is 0 Å². The Hall–Kier alpha value is -0.860. The molecule has 1 unspecified atom stereocenters. The molecule has 100 valence electrons. The molecule has 0 aromatic heterocycles. The Morgan fingerprint density at radius 3 is 2.56 bits per heavy atom. The lowest BCUT2D eigenvalue weighted by atomic mass is 9.75. The molecule has 1 aliphatic rings. The smallest absolute Gasteiger partial charge is 0.0616 e. The van der Waals surface area contributed by atoms with Crippen LogP contribution in [0.25, 0.3) is 0 Å². The van der Waals surface area contributed by atoms with E-state index in [1.165, 1.54) is 24.0 Å². The fourth-order valence-corrected chi connectivity index (χ4v) is 2.61. The monoisotopic (exact) mass is 247 g/mol. The van der Waals surface area contributed by atoms with E-state index in [1.807, 2.05) is 6.92 Å². The lowest BCUT2D eigenvalue weighted by Gasteiger charge is -2.38. The minimum atomic E-state index is 0.467. The first kappa shape index (κ1) is 13.6. The number of hydrogen-bond acceptors (Lipinski definition) is 2. The summed E-state index contributed by atoms with van der Waals surface area (Å²) in [6.07, 6.45) is 2.53. The molecule has 1 saturated carbocycles. The summed E-state index contributed by atoms with van der Waals surface area (Å²) in [5.41, 5.74) is 2.84. The van der Waals surface area contributed by atoms with Crippen LogP contribution in [0.2, 0.25) is 0 Å². The molecule has 1 fully saturated rings. The molecule has 0 bridgehead atoms. The topological polar surface area (TPSA) is 21.3 Å². The highest BCUT2D eigenvalue weighted by atomic mass is 16.5. The second-order valence-corrected chi connectivity index (χ2v) is 5.50. The van der Waals surface area contributed by atoms with Gasteiger partial charge in [0.15, 0.2) is 0 Å². The molecule has 1 atom stereocenters. The van der Waals surface area contributed by atoms with Gasteiger partial charge in [-0.1, -0.05) is 29.8 Å². The summed E-state index contributed by atoms with van der Waals surface area (Å²) in [6, 6.07) is 10.1. The summed E-state index contributed by atoms with van der Waals surface area (Å²) < 4.78 is 5.43. The third kappa shape index (κ3) is 3.56. The van der Waals surface area contributed by atoms with Crippen molar-refractivity contribution in [3.05, 3.63) is 35.4 Å². The van der Waals surface area contributed by atoms with Crippen LogP contribution in [0.3, 0.4) is 0 Å². The molecule has 2 heteroatoms. The van der Waals surface area contributed by atoms with Crippen molar-refractivity contribution in [3.63, 3.8) is 0 Å². The quantitative estimate of drug-likeness (QED) is 0.833. The molecule has 18 heavy (non-hydrogen) atoms. The van der Waals surface area contributed by atoms with Crippen molar-refractivity contribution in [1.29, 1.82) is 0 Å². The van der Waals surface area contributed by atoms with Crippen molar-refractivity contribution in [2.45, 2.75) is 51.6 Å². The van der Waals surface area contributed by atoms with Crippen molar-refractivity contribution in [2.75, 3.05) is 13.2 Å². The second kappa shape index (κ2) is 6.35. The van der Waals surface area contributed by atoms with Crippen molar-refractivity contribution in [2.24, 2.45) is 0 Å². The van der Waals surface area contributed by atoms with E-state index in [2.05, 4.69) is 43.4 Å². The van der Waals surface area contributed by atoms with E-state index in [-0.39, 0.29) is 0 Å². The summed E-state index contributed by atoms with van der Waals surface area (Å²) in [6.45, 7) is 8.02. The zero-order chi connectivity index (χ0) is 13.0. The minimum Gasteiger partial charge on any atom is -0.380 e. The van der Waals surface area contributed by atoms with Crippen molar-refractivity contribution >= 4 is 0 Å². The fourth-order valence-electron chi connectivity index (χ4n) is 2.61. The van der Waals surface area contributed by atoms with Gasteiger partial charge in [0.2, 0.25) is 0 Å². The van der Waals surface area contributed by atoms with Gasteiger partial charge in [0.25, 0.3) is 0 Å². The van der Waals surface area contributed by atoms with Crippen LogP contribution in [0.15, 0.2) is 24.3 Å². The Labute approximate surface area is 111 Å². The molecule has 0 spiro atoms. The fraction of sp³-hybridized carbons (Fsp3) is 0.625. The van der Waals surface area contributed by atoms with Gasteiger partial charge in [-0.25, -0.2) is 0 Å². The third-order valence-electron chi connectivity index (χ3n) is 3.78. The van der Waals surface area contributed by atoms with E-state index < -0.39 is 0 Å². The SMILES string of the molecule is CCOCC(C)NC1CC(c2ccc(C)cc2)C1. The van der Waals surface area contributed by atoms with Gasteiger partial charge in [0.1, 0.15) is 0 Å². The highest BCUT2D eigenvalue weighted by molar-refractivity contribution is 5.26. The summed E-state index contributed by atoms with van der Waals surface area (Å²) in [4.78, 5) is 0. The number of aryl methyl sites for hydroxylation is 1. The van der Waals surface area contributed by atoms with E-state index in [1.54, 1.807) is 0 Å². The highest BCUT2D eigenvalue weighted by Crippen LogP contribution is 2.37. The molecule has 2 rings (SSSR count). The molecule has 0 radical (unpaired) electrons. The molecule has 0 heterocycles. The van der Waals surface area contributed by atoms with Crippen LogP contribution < -0.4 is 5.32 Å². The van der Waals surface area contributed by atoms with E-state index in [0.717, 1.165) is 19.1 Å². The first-order valence-corrected chi connectivity index (χ1v) is 7.09. The molecule has 0 aliphatic heterocycles. The Balaban J connectivity index is 1.72. The Morgan fingerprint density at radius 2 is 1.94 bits per heavy atom. The number of ether oxygens (including phenoxy) is 1. The van der Waals surface area contributed by atoms with Gasteiger partial charge < -0.3 is 10.1 Å². The molecule has 2 nitrogen and oxygen atoms in total. The second-order valence-electron chi connectivity index (χ2n) is 5.50. The van der Waals surface area contributed by atoms with E-state index in [0.29, 0.717) is 12.1 Å². The maximum atomic E-state index is 5.43. The Bertz CT molecular complexity index is 354. The molecule has 1 aliphatic carbocycles. The first-order valence-electron chi connectivity index (χ1n) is 7.09. The van der Waals surface area contributed by atoms with Crippen LogP contribution in [0.4, 0.5) is 0 Å². The van der Waals surface area contributed by atoms with Gasteiger partial charge in [-0.15, -0.1) is 0 Å². The lowest BCUT2D eigenvalue weighted by Crippen LogP contribution is -2.46. The molecule has 1 aromatic rings. The average Bonchev–Trinajstić information content (AvgIpc) is 2.32. The zero-order valence-corrected chi connectivity index (χ0v) is 11.8. The van der Waals surface area contributed by atoms with Crippen LogP contribution in [0.5, 0.6) is 0 Å². The van der Waals surface area contributed by atoms with Gasteiger partial charge in [0, 0.05) is 18.7 Å². The largest absolute Gasteiger partial charge is 0.380 e. The zero-order valence-electron chi connectivity index (χ0n) is 11.8. The normalized spacial score (nSPS) is 24.6. The lowest BCUT2D eigenvalue weighted by molar-refractivity contribution is 0.115. The number of benzene rings is 1. The standard InChI is InChI=1S/C16H25NO/c1-4-18-11-13(3)17-16-9-15(10-16)14-7-5-12(2)6-8-14/h5-8,13,15-17H,4,9-11H2,1-3H3. The first-order chi connectivity index (χ1) is 8.69. The summed E-state index contributed by atoms with van der Waals surface area (Å²) >= 11 is 0. The highest BCUT2D eigenvalue weighted by Gasteiger charge is 2.30. The predicted molar refractivity (Wildman–Crippen MR) is 76.0 cm³/mol. The van der Waals surface area contributed by atoms with Crippen molar-refractivity contribution < 1.29 is 4.74 Å². The molecule has 1 aromatic carbocycles. The molecular formula is C16H25NO. The van der Waals surface area contributed by atoms with Gasteiger partial charge in [-0.2, -0.15) is 0 Å². The van der Waals surface area contributed by atoms with Gasteiger partial charge in [-0.05, 0) is 45.1 Å². The molecule has 0 amide bonds. The maximum absolute atomic E-state index is 5.43. The number of hydrogen-bond donors (Lipinski definition) is 1. The van der Waals surface area contributed by atoms with E-state index >= 15 is 0 Å². The van der Waals surface area contributed by atoms with Crippen molar-refractivity contribution in [1.82, 2.24) is 5.32 Å². The average molecular weight is 247 g/mol. The maximum Gasteiger partial charge on any atom is 0.0616 e. The molecular weight excluding hydrogens is 222 g/mol. The number of rotatable bonds is 6. The van der Waals surface area contributed by atoms with Crippen molar-refractivity contribution in [3.8, 4) is 0 Å². The number of nitrogens with one attached hydrogen (secondary N) is 1. The van der Waals surface area contributed by atoms with Gasteiger partial charge in [-0.3, -0.25) is 0 Å². The molecule has 1 N–H and O–H groups in total. The Morgan fingerprint density at radius 1 is 1.28 bits per heavy atom. The van der Waals surface area contributed by atoms with Gasteiger partial charge in [0.05, 0.1) is 6.61 Å². The van der Waals surface area contributed by atoms with E-state index in [4.69, 9.17) is 4.74 Å². The summed E-state index contributed by atoms with van der Waals surface area (Å²) in [5.74, 6) is 0.752.